The lowest BCUT2D eigenvalue weighted by molar-refractivity contribution is 0.297. The molecule has 2 aromatic heterocycles. The van der Waals surface area contributed by atoms with E-state index in [4.69, 9.17) is 18.3 Å². The van der Waals surface area contributed by atoms with Crippen molar-refractivity contribution in [3.05, 3.63) is 58.6 Å². The van der Waals surface area contributed by atoms with E-state index >= 15 is 0 Å². The molecular formula is C24H22O5. The largest absolute Gasteiger partial charge is 0.490 e. The highest BCUT2D eigenvalue weighted by Gasteiger charge is 2.16. The standard InChI is InChI=1S/C24H22O5/c1-2-3-5-15-11-24(25)29-22-13-21-18(12-17(15)22)19(14-28-21)16-6-7-20-23(10-16)27-9-4-8-26-20/h6-7,10-14H,2-5,8-9H2,1H3. The first-order valence-electron chi connectivity index (χ1n) is 10.1. The second-order valence-corrected chi connectivity index (χ2v) is 7.40. The maximum Gasteiger partial charge on any atom is 0.336 e. The minimum absolute atomic E-state index is 0.322. The zero-order chi connectivity index (χ0) is 19.8. The van der Waals surface area contributed by atoms with Crippen LogP contribution in [-0.4, -0.2) is 13.2 Å². The van der Waals surface area contributed by atoms with Crippen LogP contribution < -0.4 is 15.1 Å². The van der Waals surface area contributed by atoms with E-state index in [1.165, 1.54) is 0 Å². The molecule has 5 nitrogen and oxygen atoms in total. The van der Waals surface area contributed by atoms with Crippen molar-refractivity contribution in [3.63, 3.8) is 0 Å². The van der Waals surface area contributed by atoms with Crippen LogP contribution in [0.15, 0.2) is 56.3 Å². The summed E-state index contributed by atoms with van der Waals surface area (Å²) in [5, 5.41) is 1.95. The number of rotatable bonds is 4. The number of unbranched alkanes of at least 4 members (excludes halogenated alkanes) is 1. The van der Waals surface area contributed by atoms with Crippen LogP contribution in [0.25, 0.3) is 33.1 Å². The predicted octanol–water partition coefficient (Wildman–Crippen LogP) is 5.71. The fourth-order valence-corrected chi connectivity index (χ4v) is 3.88. The molecule has 4 aromatic rings. The van der Waals surface area contributed by atoms with Crippen LogP contribution in [0.2, 0.25) is 0 Å². The first-order chi connectivity index (χ1) is 14.2. The van der Waals surface area contributed by atoms with E-state index in [0.29, 0.717) is 24.4 Å². The molecule has 0 unspecified atom stereocenters. The monoisotopic (exact) mass is 390 g/mol. The lowest BCUT2D eigenvalue weighted by atomic mass is 9.99. The number of furan rings is 1. The summed E-state index contributed by atoms with van der Waals surface area (Å²) in [5.41, 5.74) is 3.93. The van der Waals surface area contributed by atoms with Gasteiger partial charge in [0.05, 0.1) is 19.5 Å². The highest BCUT2D eigenvalue weighted by molar-refractivity contribution is 6.02. The third kappa shape index (κ3) is 3.27. The van der Waals surface area contributed by atoms with Crippen LogP contribution in [0.3, 0.4) is 0 Å². The van der Waals surface area contributed by atoms with Crippen molar-refractivity contribution in [2.45, 2.75) is 32.6 Å². The summed E-state index contributed by atoms with van der Waals surface area (Å²) in [6.45, 7) is 3.45. The van der Waals surface area contributed by atoms with Crippen LogP contribution in [0.1, 0.15) is 31.7 Å². The number of hydrogen-bond acceptors (Lipinski definition) is 5. The summed E-state index contributed by atoms with van der Waals surface area (Å²) in [7, 11) is 0. The Balaban J connectivity index is 1.66. The number of benzene rings is 2. The second-order valence-electron chi connectivity index (χ2n) is 7.40. The van der Waals surface area contributed by atoms with E-state index in [-0.39, 0.29) is 5.63 Å². The average molecular weight is 390 g/mol. The third-order valence-corrected chi connectivity index (χ3v) is 5.38. The molecule has 0 bridgehead atoms. The third-order valence-electron chi connectivity index (χ3n) is 5.38. The van der Waals surface area contributed by atoms with E-state index in [1.807, 2.05) is 24.3 Å². The molecule has 0 saturated heterocycles. The van der Waals surface area contributed by atoms with E-state index in [1.54, 1.807) is 12.3 Å². The zero-order valence-corrected chi connectivity index (χ0v) is 16.3. The normalized spacial score (nSPS) is 13.7. The zero-order valence-electron chi connectivity index (χ0n) is 16.3. The van der Waals surface area contributed by atoms with Crippen molar-refractivity contribution in [1.82, 2.24) is 0 Å². The maximum absolute atomic E-state index is 12.0. The first kappa shape index (κ1) is 17.9. The highest BCUT2D eigenvalue weighted by Crippen LogP contribution is 2.39. The second kappa shape index (κ2) is 7.32. The van der Waals surface area contributed by atoms with Gasteiger partial charge in [0.15, 0.2) is 11.5 Å². The Hall–Kier alpha value is -3.21. The van der Waals surface area contributed by atoms with Crippen molar-refractivity contribution in [2.75, 3.05) is 13.2 Å². The van der Waals surface area contributed by atoms with Gasteiger partial charge in [0.2, 0.25) is 0 Å². The van der Waals surface area contributed by atoms with E-state index < -0.39 is 0 Å². The van der Waals surface area contributed by atoms with E-state index in [9.17, 15) is 4.79 Å². The Bertz CT molecular complexity index is 1250. The van der Waals surface area contributed by atoms with Gasteiger partial charge in [0.1, 0.15) is 11.2 Å². The summed E-state index contributed by atoms with van der Waals surface area (Å²) in [5.74, 6) is 1.53. The fraction of sp³-hybridized carbons (Fsp3) is 0.292. The molecule has 0 radical (unpaired) electrons. The minimum Gasteiger partial charge on any atom is -0.490 e. The summed E-state index contributed by atoms with van der Waals surface area (Å²) < 4.78 is 22.8. The van der Waals surface area contributed by atoms with Crippen LogP contribution >= 0.6 is 0 Å². The van der Waals surface area contributed by atoms with Gasteiger partial charge >= 0.3 is 5.63 Å². The van der Waals surface area contributed by atoms with Gasteiger partial charge in [-0.1, -0.05) is 19.4 Å². The fourth-order valence-electron chi connectivity index (χ4n) is 3.88. The Labute approximate surface area is 167 Å². The summed E-state index contributed by atoms with van der Waals surface area (Å²) in [4.78, 5) is 12.0. The molecule has 148 valence electrons. The van der Waals surface area contributed by atoms with Crippen molar-refractivity contribution >= 4 is 21.9 Å². The van der Waals surface area contributed by atoms with Gasteiger partial charge in [0, 0.05) is 34.9 Å². The van der Waals surface area contributed by atoms with Gasteiger partial charge in [-0.3, -0.25) is 0 Å². The number of hydrogen-bond donors (Lipinski definition) is 0. The molecule has 5 rings (SSSR count). The quantitative estimate of drug-likeness (QED) is 0.418. The molecule has 0 atom stereocenters. The topological polar surface area (TPSA) is 61.8 Å². The van der Waals surface area contributed by atoms with Gasteiger partial charge in [-0.25, -0.2) is 4.79 Å². The molecule has 0 aliphatic carbocycles. The Kier molecular flexibility index (Phi) is 4.51. The smallest absolute Gasteiger partial charge is 0.336 e. The van der Waals surface area contributed by atoms with Crippen molar-refractivity contribution in [2.24, 2.45) is 0 Å². The van der Waals surface area contributed by atoms with Gasteiger partial charge in [-0.2, -0.15) is 0 Å². The molecule has 3 heterocycles. The Morgan fingerprint density at radius 3 is 2.66 bits per heavy atom. The van der Waals surface area contributed by atoms with Gasteiger partial charge in [-0.15, -0.1) is 0 Å². The molecule has 0 spiro atoms. The van der Waals surface area contributed by atoms with Crippen molar-refractivity contribution < 1.29 is 18.3 Å². The number of ether oxygens (including phenoxy) is 2. The summed E-state index contributed by atoms with van der Waals surface area (Å²) >= 11 is 0. The van der Waals surface area contributed by atoms with Crippen molar-refractivity contribution in [1.29, 1.82) is 0 Å². The molecule has 0 N–H and O–H groups in total. The molecule has 1 aliphatic rings. The van der Waals surface area contributed by atoms with Gasteiger partial charge in [0.25, 0.3) is 0 Å². The van der Waals surface area contributed by atoms with Crippen LogP contribution in [0.4, 0.5) is 0 Å². The van der Waals surface area contributed by atoms with E-state index in [2.05, 4.69) is 13.0 Å². The average Bonchev–Trinajstić information content (AvgIpc) is 2.98. The SMILES string of the molecule is CCCCc1cc(=O)oc2cc3occ(-c4ccc5c(c4)OCCCO5)c3cc12. The number of aryl methyl sites for hydroxylation is 1. The van der Waals surface area contributed by atoms with Crippen LogP contribution in [0, 0.1) is 0 Å². The van der Waals surface area contributed by atoms with Crippen LogP contribution in [-0.2, 0) is 6.42 Å². The molecule has 0 saturated carbocycles. The molecule has 1 aliphatic heterocycles. The summed E-state index contributed by atoms with van der Waals surface area (Å²) in [6, 6.07) is 11.5. The molecule has 0 amide bonds. The minimum atomic E-state index is -0.322. The molecule has 5 heteroatoms. The lowest BCUT2D eigenvalue weighted by Gasteiger charge is -2.09. The van der Waals surface area contributed by atoms with Gasteiger partial charge < -0.3 is 18.3 Å². The Morgan fingerprint density at radius 2 is 1.79 bits per heavy atom. The summed E-state index contributed by atoms with van der Waals surface area (Å²) in [6.07, 6.45) is 5.56. The predicted molar refractivity (Wildman–Crippen MR) is 112 cm³/mol. The molecule has 0 fully saturated rings. The van der Waals surface area contributed by atoms with Crippen molar-refractivity contribution in [3.8, 4) is 22.6 Å². The van der Waals surface area contributed by atoms with Gasteiger partial charge in [-0.05, 0) is 42.2 Å². The van der Waals surface area contributed by atoms with E-state index in [0.717, 1.165) is 64.6 Å². The van der Waals surface area contributed by atoms with Crippen LogP contribution in [0.5, 0.6) is 11.5 Å². The lowest BCUT2D eigenvalue weighted by Crippen LogP contribution is -2.00. The first-order valence-corrected chi connectivity index (χ1v) is 10.1. The molecular weight excluding hydrogens is 368 g/mol. The highest BCUT2D eigenvalue weighted by atomic mass is 16.5. The Morgan fingerprint density at radius 1 is 0.931 bits per heavy atom. The maximum atomic E-state index is 12.0. The molecule has 2 aromatic carbocycles. The molecule has 29 heavy (non-hydrogen) atoms. The number of fused-ring (bicyclic) bond motifs is 3.